The van der Waals surface area contributed by atoms with E-state index in [2.05, 4.69) is 20.4 Å². The van der Waals surface area contributed by atoms with Gasteiger partial charge in [-0.1, -0.05) is 32.4 Å². The average molecular weight is 448 g/mol. The van der Waals surface area contributed by atoms with E-state index in [9.17, 15) is 0 Å². The molecule has 4 aliphatic rings. The molecule has 4 nitrogen and oxygen atoms in total. The standard InChI is InChI=1S/C29H41N3O/c1-18-5-8-22-20(15-18)6-9-24-23(22)13-14-29(3)25(10-11-26(24)29)19(2)17-32-30-27-12-7-21(33-4)16-28(27)31-32/h7,12,16,18,20,22-26H,2,5-6,8-11,13-15,17H2,1,3-4H3. The number of allylic oxidation sites excluding steroid dienone is 1. The molecule has 1 aromatic heterocycles. The molecule has 4 heteroatoms. The number of benzene rings is 1. The highest BCUT2D eigenvalue weighted by atomic mass is 16.5. The van der Waals surface area contributed by atoms with Crippen LogP contribution in [-0.2, 0) is 6.54 Å². The molecule has 1 aromatic carbocycles. The van der Waals surface area contributed by atoms with Crippen molar-refractivity contribution in [2.24, 2.45) is 46.8 Å². The third-order valence-corrected chi connectivity index (χ3v) is 10.7. The zero-order valence-corrected chi connectivity index (χ0v) is 20.8. The van der Waals surface area contributed by atoms with Crippen molar-refractivity contribution in [2.45, 2.75) is 78.2 Å². The first-order valence-corrected chi connectivity index (χ1v) is 13.5. The van der Waals surface area contributed by atoms with Crippen LogP contribution in [0.4, 0.5) is 0 Å². The fraction of sp³-hybridized carbons (Fsp3) is 0.724. The topological polar surface area (TPSA) is 39.9 Å². The lowest BCUT2D eigenvalue weighted by molar-refractivity contribution is -0.0637. The number of ether oxygens (including phenoxy) is 1. The molecule has 0 aliphatic heterocycles. The Hall–Kier alpha value is -1.84. The van der Waals surface area contributed by atoms with Crippen molar-refractivity contribution in [1.29, 1.82) is 0 Å². The van der Waals surface area contributed by atoms with E-state index in [1.165, 1.54) is 63.4 Å². The molecule has 178 valence electrons. The number of hydrogen-bond acceptors (Lipinski definition) is 3. The molecule has 4 saturated carbocycles. The minimum atomic E-state index is 0.419. The van der Waals surface area contributed by atoms with Crippen molar-refractivity contribution in [3.05, 3.63) is 30.4 Å². The second-order valence-corrected chi connectivity index (χ2v) is 12.3. The molecule has 1 heterocycles. The number of fused-ring (bicyclic) bond motifs is 6. The molecule has 0 saturated heterocycles. The fourth-order valence-electron chi connectivity index (χ4n) is 9.19. The van der Waals surface area contributed by atoms with E-state index in [-0.39, 0.29) is 0 Å². The minimum Gasteiger partial charge on any atom is -0.497 e. The summed E-state index contributed by atoms with van der Waals surface area (Å²) in [5.41, 5.74) is 3.59. The van der Waals surface area contributed by atoms with Gasteiger partial charge in [0.05, 0.1) is 13.7 Å². The van der Waals surface area contributed by atoms with Gasteiger partial charge in [0.15, 0.2) is 0 Å². The van der Waals surface area contributed by atoms with Crippen LogP contribution in [0.3, 0.4) is 0 Å². The molecule has 4 aliphatic carbocycles. The Morgan fingerprint density at radius 3 is 2.70 bits per heavy atom. The lowest BCUT2D eigenvalue weighted by Crippen LogP contribution is -2.48. The van der Waals surface area contributed by atoms with Crippen LogP contribution in [0.15, 0.2) is 30.4 Å². The van der Waals surface area contributed by atoms with Gasteiger partial charge in [-0.25, -0.2) is 0 Å². The molecule has 6 rings (SSSR count). The number of hydrogen-bond donors (Lipinski definition) is 0. The second-order valence-electron chi connectivity index (χ2n) is 12.3. The van der Waals surface area contributed by atoms with E-state index < -0.39 is 0 Å². The first-order valence-electron chi connectivity index (χ1n) is 13.5. The van der Waals surface area contributed by atoms with Gasteiger partial charge in [-0.2, -0.15) is 15.0 Å². The first kappa shape index (κ1) is 21.7. The minimum absolute atomic E-state index is 0.419. The number of nitrogens with zero attached hydrogens (tertiary/aromatic N) is 3. The predicted molar refractivity (Wildman–Crippen MR) is 133 cm³/mol. The van der Waals surface area contributed by atoms with E-state index in [1.807, 2.05) is 23.0 Å². The van der Waals surface area contributed by atoms with Crippen LogP contribution in [-0.4, -0.2) is 22.1 Å². The number of methoxy groups -OCH3 is 1. The molecule has 0 spiro atoms. The third-order valence-electron chi connectivity index (χ3n) is 10.7. The zero-order chi connectivity index (χ0) is 22.7. The van der Waals surface area contributed by atoms with Gasteiger partial charge in [0.1, 0.15) is 16.8 Å². The molecule has 4 fully saturated rings. The SMILES string of the molecule is C=C(Cn1nc2ccc(OC)cc2n1)C1CCC2C3CCC4CC(C)CCC4C3CCC12C. The summed E-state index contributed by atoms with van der Waals surface area (Å²) in [6.45, 7) is 10.5. The summed E-state index contributed by atoms with van der Waals surface area (Å²) in [4.78, 5) is 1.86. The Morgan fingerprint density at radius 2 is 1.85 bits per heavy atom. The maximum atomic E-state index is 5.35. The number of rotatable bonds is 4. The van der Waals surface area contributed by atoms with E-state index in [1.54, 1.807) is 7.11 Å². The smallest absolute Gasteiger partial charge is 0.121 e. The Labute approximate surface area is 199 Å². The summed E-state index contributed by atoms with van der Waals surface area (Å²) >= 11 is 0. The van der Waals surface area contributed by atoms with Gasteiger partial charge in [0.25, 0.3) is 0 Å². The van der Waals surface area contributed by atoms with E-state index in [0.717, 1.165) is 58.8 Å². The van der Waals surface area contributed by atoms with Gasteiger partial charge in [0.2, 0.25) is 0 Å². The highest BCUT2D eigenvalue weighted by Gasteiger charge is 2.57. The van der Waals surface area contributed by atoms with Crippen LogP contribution < -0.4 is 4.74 Å². The Morgan fingerprint density at radius 1 is 1.03 bits per heavy atom. The van der Waals surface area contributed by atoms with Crippen LogP contribution in [0, 0.1) is 46.8 Å². The Bertz CT molecular complexity index is 1040. The highest BCUT2D eigenvalue weighted by Crippen LogP contribution is 2.65. The van der Waals surface area contributed by atoms with Crippen LogP contribution in [0.25, 0.3) is 11.0 Å². The van der Waals surface area contributed by atoms with Crippen molar-refractivity contribution < 1.29 is 4.74 Å². The molecular weight excluding hydrogens is 406 g/mol. The van der Waals surface area contributed by atoms with E-state index in [0.29, 0.717) is 11.3 Å². The molecule has 0 N–H and O–H groups in total. The summed E-state index contributed by atoms with van der Waals surface area (Å²) < 4.78 is 5.35. The quantitative estimate of drug-likeness (QED) is 0.479. The molecular formula is C29H41N3O. The fourth-order valence-corrected chi connectivity index (χ4v) is 9.19. The molecule has 0 radical (unpaired) electrons. The Kier molecular flexibility index (Phi) is 5.34. The zero-order valence-electron chi connectivity index (χ0n) is 20.8. The van der Waals surface area contributed by atoms with Crippen molar-refractivity contribution in [2.75, 3.05) is 7.11 Å². The van der Waals surface area contributed by atoms with Crippen molar-refractivity contribution in [3.8, 4) is 5.75 Å². The van der Waals surface area contributed by atoms with Crippen molar-refractivity contribution in [1.82, 2.24) is 15.0 Å². The molecule has 33 heavy (non-hydrogen) atoms. The van der Waals surface area contributed by atoms with Crippen LogP contribution in [0.2, 0.25) is 0 Å². The van der Waals surface area contributed by atoms with Gasteiger partial charge in [-0.15, -0.1) is 0 Å². The predicted octanol–water partition coefficient (Wildman–Crippen LogP) is 6.90. The summed E-state index contributed by atoms with van der Waals surface area (Å²) in [6.07, 6.45) is 13.1. The van der Waals surface area contributed by atoms with E-state index >= 15 is 0 Å². The number of aromatic nitrogens is 3. The lowest BCUT2D eigenvalue weighted by atomic mass is 9.49. The normalized spacial score (nSPS) is 40.2. The van der Waals surface area contributed by atoms with Gasteiger partial charge >= 0.3 is 0 Å². The van der Waals surface area contributed by atoms with Gasteiger partial charge in [-0.05, 0) is 110 Å². The molecule has 8 unspecified atom stereocenters. The first-order chi connectivity index (χ1) is 16.0. The molecule has 0 bridgehead atoms. The van der Waals surface area contributed by atoms with Crippen LogP contribution in [0.1, 0.15) is 71.6 Å². The molecule has 0 amide bonds. The van der Waals surface area contributed by atoms with Crippen LogP contribution in [0.5, 0.6) is 5.75 Å². The second kappa shape index (κ2) is 8.13. The third kappa shape index (κ3) is 3.54. The maximum Gasteiger partial charge on any atom is 0.121 e. The largest absolute Gasteiger partial charge is 0.497 e. The maximum absolute atomic E-state index is 5.35. The van der Waals surface area contributed by atoms with E-state index in [4.69, 9.17) is 14.9 Å². The van der Waals surface area contributed by atoms with Gasteiger partial charge in [-0.3, -0.25) is 0 Å². The lowest BCUT2D eigenvalue weighted by Gasteiger charge is -2.56. The van der Waals surface area contributed by atoms with Crippen molar-refractivity contribution >= 4 is 11.0 Å². The summed E-state index contributed by atoms with van der Waals surface area (Å²) in [5.74, 6) is 7.34. The highest BCUT2D eigenvalue weighted by molar-refractivity contribution is 5.75. The molecule has 8 atom stereocenters. The summed E-state index contributed by atoms with van der Waals surface area (Å²) in [5, 5.41) is 9.47. The summed E-state index contributed by atoms with van der Waals surface area (Å²) in [7, 11) is 1.70. The van der Waals surface area contributed by atoms with Crippen molar-refractivity contribution in [3.63, 3.8) is 0 Å². The average Bonchev–Trinajstić information content (AvgIpc) is 3.37. The van der Waals surface area contributed by atoms with Crippen LogP contribution >= 0.6 is 0 Å². The monoisotopic (exact) mass is 447 g/mol. The summed E-state index contributed by atoms with van der Waals surface area (Å²) in [6, 6.07) is 5.92. The van der Waals surface area contributed by atoms with Gasteiger partial charge < -0.3 is 4.74 Å². The Balaban J connectivity index is 1.18. The van der Waals surface area contributed by atoms with Gasteiger partial charge in [0, 0.05) is 6.07 Å². The molecule has 2 aromatic rings.